The molecule has 2 aromatic carbocycles. The minimum atomic E-state index is -0.186. The first kappa shape index (κ1) is 15.2. The summed E-state index contributed by atoms with van der Waals surface area (Å²) in [5, 5.41) is 3.55. The molecule has 0 unspecified atom stereocenters. The fraction of sp³-hybridized carbons (Fsp3) is 0.188. The third-order valence-corrected chi connectivity index (χ3v) is 3.29. The van der Waals surface area contributed by atoms with Crippen LogP contribution < -0.4 is 15.8 Å². The van der Waals surface area contributed by atoms with Crippen LogP contribution in [0.4, 0.5) is 5.69 Å². The van der Waals surface area contributed by atoms with Crippen LogP contribution in [0.25, 0.3) is 0 Å². The number of nitrogens with two attached hydrogens (primary N) is 1. The van der Waals surface area contributed by atoms with Gasteiger partial charge in [-0.05, 0) is 36.2 Å². The zero-order chi connectivity index (χ0) is 15.2. The Labute approximate surface area is 128 Å². The van der Waals surface area contributed by atoms with Gasteiger partial charge in [-0.1, -0.05) is 23.7 Å². The molecule has 0 aromatic heterocycles. The molecule has 110 valence electrons. The highest BCUT2D eigenvalue weighted by molar-refractivity contribution is 6.30. The van der Waals surface area contributed by atoms with E-state index in [0.717, 1.165) is 5.56 Å². The average molecular weight is 305 g/mol. The molecule has 21 heavy (non-hydrogen) atoms. The number of ether oxygens (including phenoxy) is 1. The van der Waals surface area contributed by atoms with Crippen molar-refractivity contribution in [3.8, 4) is 5.75 Å². The van der Waals surface area contributed by atoms with Gasteiger partial charge in [0.05, 0.1) is 12.7 Å². The molecule has 0 spiro atoms. The van der Waals surface area contributed by atoms with Crippen LogP contribution in [0.3, 0.4) is 0 Å². The molecule has 2 rings (SSSR count). The number of methoxy groups -OCH3 is 1. The first-order valence-corrected chi connectivity index (χ1v) is 6.94. The molecule has 4 nitrogen and oxygen atoms in total. The fourth-order valence-electron chi connectivity index (χ4n) is 2.00. The van der Waals surface area contributed by atoms with Crippen LogP contribution in [0.2, 0.25) is 5.02 Å². The van der Waals surface area contributed by atoms with Gasteiger partial charge in [-0.25, -0.2) is 0 Å². The number of amides is 1. The summed E-state index contributed by atoms with van der Waals surface area (Å²) in [5.41, 5.74) is 7.77. The molecule has 0 radical (unpaired) electrons. The van der Waals surface area contributed by atoms with E-state index >= 15 is 0 Å². The Hall–Kier alpha value is -2.20. The molecule has 2 aromatic rings. The van der Waals surface area contributed by atoms with Gasteiger partial charge in [0.15, 0.2) is 0 Å². The van der Waals surface area contributed by atoms with Gasteiger partial charge >= 0.3 is 0 Å². The van der Waals surface area contributed by atoms with Gasteiger partial charge in [0.25, 0.3) is 5.91 Å². The molecule has 0 aliphatic carbocycles. The van der Waals surface area contributed by atoms with E-state index in [0.29, 0.717) is 35.0 Å². The summed E-state index contributed by atoms with van der Waals surface area (Å²) < 4.78 is 5.17. The Morgan fingerprint density at radius 1 is 1.29 bits per heavy atom. The fourth-order valence-corrected chi connectivity index (χ4v) is 2.22. The number of benzene rings is 2. The molecule has 0 aliphatic heterocycles. The standard InChI is InChI=1S/C16H17ClN2O2/c1-21-15-10-13(18)5-6-14(15)16(20)19-8-7-11-3-2-4-12(17)9-11/h2-6,9-10H,7-8,18H2,1H3,(H,19,20). The van der Waals surface area contributed by atoms with Crippen molar-refractivity contribution in [2.75, 3.05) is 19.4 Å². The van der Waals surface area contributed by atoms with E-state index in [1.54, 1.807) is 18.2 Å². The third-order valence-electron chi connectivity index (χ3n) is 3.06. The van der Waals surface area contributed by atoms with E-state index in [1.807, 2.05) is 24.3 Å². The van der Waals surface area contributed by atoms with E-state index < -0.39 is 0 Å². The summed E-state index contributed by atoms with van der Waals surface area (Å²) in [7, 11) is 1.51. The zero-order valence-electron chi connectivity index (χ0n) is 11.7. The molecule has 0 saturated carbocycles. The summed E-state index contributed by atoms with van der Waals surface area (Å²) in [6, 6.07) is 12.5. The maximum absolute atomic E-state index is 12.1. The minimum absolute atomic E-state index is 0.186. The van der Waals surface area contributed by atoms with Crippen LogP contribution in [-0.2, 0) is 6.42 Å². The third kappa shape index (κ3) is 4.13. The minimum Gasteiger partial charge on any atom is -0.496 e. The largest absolute Gasteiger partial charge is 0.496 e. The number of carbonyl (C=O) groups excluding carboxylic acids is 1. The molecule has 0 saturated heterocycles. The van der Waals surface area contributed by atoms with Gasteiger partial charge in [0.1, 0.15) is 5.75 Å². The lowest BCUT2D eigenvalue weighted by Gasteiger charge is -2.10. The van der Waals surface area contributed by atoms with Gasteiger partial charge in [-0.15, -0.1) is 0 Å². The second kappa shape index (κ2) is 6.99. The number of hydrogen-bond donors (Lipinski definition) is 2. The van der Waals surface area contributed by atoms with Crippen LogP contribution in [0.1, 0.15) is 15.9 Å². The molecule has 0 atom stereocenters. The van der Waals surface area contributed by atoms with E-state index in [4.69, 9.17) is 22.1 Å². The van der Waals surface area contributed by atoms with Crippen molar-refractivity contribution in [3.63, 3.8) is 0 Å². The summed E-state index contributed by atoms with van der Waals surface area (Å²) in [6.07, 6.45) is 0.712. The molecule has 0 fully saturated rings. The Kier molecular flexibility index (Phi) is 5.06. The van der Waals surface area contributed by atoms with Gasteiger partial charge in [-0.2, -0.15) is 0 Å². The molecule has 1 amide bonds. The predicted octanol–water partition coefficient (Wildman–Crippen LogP) is 2.90. The Balaban J connectivity index is 1.96. The summed E-state index contributed by atoms with van der Waals surface area (Å²) >= 11 is 5.92. The van der Waals surface area contributed by atoms with Crippen molar-refractivity contribution >= 4 is 23.2 Å². The Morgan fingerprint density at radius 2 is 2.10 bits per heavy atom. The van der Waals surface area contributed by atoms with Crippen molar-refractivity contribution in [2.24, 2.45) is 0 Å². The number of carbonyl (C=O) groups is 1. The van der Waals surface area contributed by atoms with E-state index in [9.17, 15) is 4.79 Å². The van der Waals surface area contributed by atoms with E-state index in [1.165, 1.54) is 7.11 Å². The van der Waals surface area contributed by atoms with E-state index in [2.05, 4.69) is 5.32 Å². The maximum Gasteiger partial charge on any atom is 0.255 e. The predicted molar refractivity (Wildman–Crippen MR) is 84.9 cm³/mol. The van der Waals surface area contributed by atoms with Crippen LogP contribution in [0.15, 0.2) is 42.5 Å². The van der Waals surface area contributed by atoms with Gasteiger partial charge in [0.2, 0.25) is 0 Å². The lowest BCUT2D eigenvalue weighted by Crippen LogP contribution is -2.26. The topological polar surface area (TPSA) is 64.3 Å². The highest BCUT2D eigenvalue weighted by atomic mass is 35.5. The SMILES string of the molecule is COc1cc(N)ccc1C(=O)NCCc1cccc(Cl)c1. The molecular formula is C16H17ClN2O2. The average Bonchev–Trinajstić information content (AvgIpc) is 2.47. The number of nitrogen functional groups attached to an aromatic ring is 1. The van der Waals surface area contributed by atoms with Crippen molar-refractivity contribution in [1.29, 1.82) is 0 Å². The van der Waals surface area contributed by atoms with Gasteiger partial charge in [-0.3, -0.25) is 4.79 Å². The van der Waals surface area contributed by atoms with Gasteiger partial charge in [0, 0.05) is 23.3 Å². The maximum atomic E-state index is 12.1. The Morgan fingerprint density at radius 3 is 2.81 bits per heavy atom. The second-order valence-corrected chi connectivity index (χ2v) is 5.03. The van der Waals surface area contributed by atoms with Crippen molar-refractivity contribution < 1.29 is 9.53 Å². The van der Waals surface area contributed by atoms with Crippen LogP contribution in [-0.4, -0.2) is 19.6 Å². The van der Waals surface area contributed by atoms with Gasteiger partial charge < -0.3 is 15.8 Å². The van der Waals surface area contributed by atoms with Crippen molar-refractivity contribution in [1.82, 2.24) is 5.32 Å². The van der Waals surface area contributed by atoms with Crippen molar-refractivity contribution in [2.45, 2.75) is 6.42 Å². The molecule has 0 bridgehead atoms. The molecular weight excluding hydrogens is 288 g/mol. The highest BCUT2D eigenvalue weighted by Crippen LogP contribution is 2.21. The highest BCUT2D eigenvalue weighted by Gasteiger charge is 2.11. The normalized spacial score (nSPS) is 10.2. The van der Waals surface area contributed by atoms with E-state index in [-0.39, 0.29) is 5.91 Å². The Bertz CT molecular complexity index is 644. The van der Waals surface area contributed by atoms with Crippen LogP contribution in [0, 0.1) is 0 Å². The van der Waals surface area contributed by atoms with Crippen LogP contribution in [0.5, 0.6) is 5.75 Å². The number of hydrogen-bond acceptors (Lipinski definition) is 3. The number of nitrogens with one attached hydrogen (secondary N) is 1. The number of anilines is 1. The molecule has 3 N–H and O–H groups in total. The lowest BCUT2D eigenvalue weighted by molar-refractivity contribution is 0.0951. The first-order chi connectivity index (χ1) is 10.1. The lowest BCUT2D eigenvalue weighted by atomic mass is 10.1. The summed E-state index contributed by atoms with van der Waals surface area (Å²) in [4.78, 5) is 12.1. The second-order valence-electron chi connectivity index (χ2n) is 4.60. The quantitative estimate of drug-likeness (QED) is 0.835. The summed E-state index contributed by atoms with van der Waals surface area (Å²) in [5.74, 6) is 0.282. The monoisotopic (exact) mass is 304 g/mol. The summed E-state index contributed by atoms with van der Waals surface area (Å²) in [6.45, 7) is 0.521. The number of rotatable bonds is 5. The first-order valence-electron chi connectivity index (χ1n) is 6.56. The van der Waals surface area contributed by atoms with Crippen LogP contribution >= 0.6 is 11.6 Å². The molecule has 0 aliphatic rings. The number of halogens is 1. The molecule has 0 heterocycles. The smallest absolute Gasteiger partial charge is 0.255 e. The van der Waals surface area contributed by atoms with Crippen molar-refractivity contribution in [3.05, 3.63) is 58.6 Å². The zero-order valence-corrected chi connectivity index (χ0v) is 12.5. The molecule has 5 heteroatoms.